The lowest BCUT2D eigenvalue weighted by atomic mass is 10.0. The van der Waals surface area contributed by atoms with Crippen LogP contribution in [0, 0.1) is 5.92 Å². The molecule has 1 heterocycles. The summed E-state index contributed by atoms with van der Waals surface area (Å²) in [6.45, 7) is 3.21. The van der Waals surface area contributed by atoms with Gasteiger partial charge in [0.05, 0.1) is 12.6 Å². The second-order valence-corrected chi connectivity index (χ2v) is 9.91. The lowest BCUT2D eigenvalue weighted by Gasteiger charge is -2.21. The summed E-state index contributed by atoms with van der Waals surface area (Å²) in [5.74, 6) is -2.92. The van der Waals surface area contributed by atoms with E-state index in [0.717, 1.165) is 16.5 Å². The van der Waals surface area contributed by atoms with Crippen LogP contribution in [-0.4, -0.2) is 63.6 Å². The first-order valence-corrected chi connectivity index (χ1v) is 12.7. The minimum atomic E-state index is -1.16. The third-order valence-corrected chi connectivity index (χ3v) is 6.22. The highest BCUT2D eigenvalue weighted by Gasteiger charge is 2.26. The van der Waals surface area contributed by atoms with Crippen molar-refractivity contribution in [2.24, 2.45) is 11.7 Å². The predicted octanol–water partition coefficient (Wildman–Crippen LogP) is 1.20. The van der Waals surface area contributed by atoms with Gasteiger partial charge in [0.1, 0.15) is 17.8 Å². The minimum absolute atomic E-state index is 0.0411. The lowest BCUT2D eigenvalue weighted by molar-refractivity contribution is -0.142. The standard InChI is InChI=1S/C28H35N5O6/c1-16(2)11-24(28(38)39)32-25(35)15-31-27(37)23(12-17-7-9-19(34)10-8-17)33-26(36)21(29)13-18-14-30-22-6-4-3-5-20(18)22/h3-10,14,16,21,23-24,30,34H,11-13,15,29H2,1-2H3,(H,31,37)(H,32,35)(H,33,36)(H,38,39). The Kier molecular flexibility index (Phi) is 10.0. The summed E-state index contributed by atoms with van der Waals surface area (Å²) in [5.41, 5.74) is 8.63. The molecule has 39 heavy (non-hydrogen) atoms. The summed E-state index contributed by atoms with van der Waals surface area (Å²) in [6, 6.07) is 10.7. The SMILES string of the molecule is CC(C)CC(NC(=O)CNC(=O)C(Cc1ccc(O)cc1)NC(=O)C(N)Cc1c[nH]c2ccccc12)C(=O)O. The van der Waals surface area contributed by atoms with E-state index < -0.39 is 48.4 Å². The molecule has 3 unspecified atom stereocenters. The molecule has 208 valence electrons. The molecule has 3 amide bonds. The fourth-order valence-electron chi connectivity index (χ4n) is 4.21. The van der Waals surface area contributed by atoms with Gasteiger partial charge in [-0.05, 0) is 48.1 Å². The maximum atomic E-state index is 13.0. The maximum Gasteiger partial charge on any atom is 0.326 e. The molecule has 3 atom stereocenters. The van der Waals surface area contributed by atoms with Crippen molar-refractivity contribution in [3.8, 4) is 5.75 Å². The monoisotopic (exact) mass is 537 g/mol. The summed E-state index contributed by atoms with van der Waals surface area (Å²) in [7, 11) is 0. The second kappa shape index (κ2) is 13.4. The van der Waals surface area contributed by atoms with E-state index in [9.17, 15) is 29.4 Å². The van der Waals surface area contributed by atoms with Crippen molar-refractivity contribution in [3.63, 3.8) is 0 Å². The number of rotatable bonds is 13. The molecule has 0 spiro atoms. The van der Waals surface area contributed by atoms with Gasteiger partial charge in [0, 0.05) is 23.5 Å². The number of para-hydroxylation sites is 1. The molecule has 3 rings (SSSR count). The van der Waals surface area contributed by atoms with E-state index in [4.69, 9.17) is 5.73 Å². The fraction of sp³-hybridized carbons (Fsp3) is 0.357. The Morgan fingerprint density at radius 1 is 0.923 bits per heavy atom. The topological polar surface area (TPSA) is 187 Å². The highest BCUT2D eigenvalue weighted by molar-refractivity contribution is 5.93. The molecular weight excluding hydrogens is 502 g/mol. The first-order valence-electron chi connectivity index (χ1n) is 12.7. The van der Waals surface area contributed by atoms with Crippen molar-refractivity contribution >= 4 is 34.6 Å². The van der Waals surface area contributed by atoms with Gasteiger partial charge in [0.2, 0.25) is 17.7 Å². The van der Waals surface area contributed by atoms with E-state index in [-0.39, 0.29) is 30.9 Å². The molecule has 0 aliphatic rings. The molecule has 0 aliphatic heterocycles. The number of aliphatic carboxylic acids is 1. The number of benzene rings is 2. The highest BCUT2D eigenvalue weighted by Crippen LogP contribution is 2.19. The number of fused-ring (bicyclic) bond motifs is 1. The van der Waals surface area contributed by atoms with Gasteiger partial charge in [-0.25, -0.2) is 4.79 Å². The van der Waals surface area contributed by atoms with Gasteiger partial charge < -0.3 is 36.9 Å². The normalized spacial score (nSPS) is 13.4. The molecule has 3 aromatic rings. The zero-order valence-electron chi connectivity index (χ0n) is 21.9. The van der Waals surface area contributed by atoms with Crippen molar-refractivity contribution in [1.29, 1.82) is 0 Å². The van der Waals surface area contributed by atoms with Crippen LogP contribution in [0.5, 0.6) is 5.75 Å². The number of carboxylic acids is 1. The van der Waals surface area contributed by atoms with Crippen molar-refractivity contribution in [2.45, 2.75) is 51.2 Å². The molecule has 11 heteroatoms. The highest BCUT2D eigenvalue weighted by atomic mass is 16.4. The Labute approximate surface area is 226 Å². The molecule has 11 nitrogen and oxygen atoms in total. The van der Waals surface area contributed by atoms with E-state index >= 15 is 0 Å². The van der Waals surface area contributed by atoms with Crippen LogP contribution in [0.2, 0.25) is 0 Å². The molecular formula is C28H35N5O6. The van der Waals surface area contributed by atoms with E-state index in [2.05, 4.69) is 20.9 Å². The van der Waals surface area contributed by atoms with E-state index in [1.807, 2.05) is 38.1 Å². The zero-order chi connectivity index (χ0) is 28.5. The molecule has 0 aliphatic carbocycles. The number of carbonyl (C=O) groups is 4. The summed E-state index contributed by atoms with van der Waals surface area (Å²) in [5, 5.41) is 27.4. The summed E-state index contributed by atoms with van der Waals surface area (Å²) < 4.78 is 0. The molecule has 0 fully saturated rings. The van der Waals surface area contributed by atoms with Gasteiger partial charge in [-0.15, -0.1) is 0 Å². The Bertz CT molecular complexity index is 1300. The lowest BCUT2D eigenvalue weighted by Crippen LogP contribution is -2.54. The number of phenolic OH excluding ortho intramolecular Hbond substituents is 1. The van der Waals surface area contributed by atoms with Gasteiger partial charge in [-0.3, -0.25) is 14.4 Å². The Morgan fingerprint density at radius 2 is 1.62 bits per heavy atom. The Morgan fingerprint density at radius 3 is 2.28 bits per heavy atom. The van der Waals surface area contributed by atoms with Gasteiger partial charge in [-0.1, -0.05) is 44.2 Å². The number of aromatic amines is 1. The minimum Gasteiger partial charge on any atom is -0.508 e. The third-order valence-electron chi connectivity index (χ3n) is 6.22. The fourth-order valence-corrected chi connectivity index (χ4v) is 4.21. The predicted molar refractivity (Wildman–Crippen MR) is 146 cm³/mol. The van der Waals surface area contributed by atoms with E-state index in [0.29, 0.717) is 5.56 Å². The number of amides is 3. The Balaban J connectivity index is 1.66. The van der Waals surface area contributed by atoms with Crippen LogP contribution in [0.1, 0.15) is 31.4 Å². The van der Waals surface area contributed by atoms with Crippen LogP contribution in [-0.2, 0) is 32.0 Å². The number of hydrogen-bond acceptors (Lipinski definition) is 6. The van der Waals surface area contributed by atoms with Crippen LogP contribution in [0.4, 0.5) is 0 Å². The molecule has 0 bridgehead atoms. The molecule has 2 aromatic carbocycles. The number of phenols is 1. The summed E-state index contributed by atoms with van der Waals surface area (Å²) in [6.07, 6.45) is 2.34. The number of carbonyl (C=O) groups excluding carboxylic acids is 3. The molecule has 0 saturated carbocycles. The van der Waals surface area contributed by atoms with Crippen molar-refractivity contribution in [1.82, 2.24) is 20.9 Å². The van der Waals surface area contributed by atoms with Crippen molar-refractivity contribution < 1.29 is 29.4 Å². The zero-order valence-corrected chi connectivity index (χ0v) is 21.9. The number of H-pyrrole nitrogens is 1. The molecule has 1 aromatic heterocycles. The Hall–Kier alpha value is -4.38. The number of hydrogen-bond donors (Lipinski definition) is 7. The van der Waals surface area contributed by atoms with Crippen LogP contribution in [0.15, 0.2) is 54.7 Å². The largest absolute Gasteiger partial charge is 0.508 e. The number of nitrogens with two attached hydrogens (primary N) is 1. The molecule has 0 saturated heterocycles. The van der Waals surface area contributed by atoms with Gasteiger partial charge in [-0.2, -0.15) is 0 Å². The number of aromatic nitrogens is 1. The number of aromatic hydroxyl groups is 1. The second-order valence-electron chi connectivity index (χ2n) is 9.91. The molecule has 8 N–H and O–H groups in total. The van der Waals surface area contributed by atoms with Crippen molar-refractivity contribution in [3.05, 3.63) is 65.9 Å². The van der Waals surface area contributed by atoms with Crippen molar-refractivity contribution in [2.75, 3.05) is 6.54 Å². The maximum absolute atomic E-state index is 13.0. The quantitative estimate of drug-likeness (QED) is 0.171. The van der Waals surface area contributed by atoms with Crippen LogP contribution in [0.25, 0.3) is 10.9 Å². The molecule has 0 radical (unpaired) electrons. The number of carboxylic acid groups (broad SMARTS) is 1. The first kappa shape index (κ1) is 29.2. The van der Waals surface area contributed by atoms with Gasteiger partial charge in [0.15, 0.2) is 0 Å². The summed E-state index contributed by atoms with van der Waals surface area (Å²) >= 11 is 0. The van der Waals surface area contributed by atoms with Crippen LogP contribution >= 0.6 is 0 Å². The average Bonchev–Trinajstić information content (AvgIpc) is 3.30. The van der Waals surface area contributed by atoms with Crippen LogP contribution in [0.3, 0.4) is 0 Å². The number of nitrogens with one attached hydrogen (secondary N) is 4. The van der Waals surface area contributed by atoms with E-state index in [1.54, 1.807) is 18.3 Å². The summed E-state index contributed by atoms with van der Waals surface area (Å²) in [4.78, 5) is 53.0. The first-order chi connectivity index (χ1) is 18.5. The van der Waals surface area contributed by atoms with Crippen LogP contribution < -0.4 is 21.7 Å². The van der Waals surface area contributed by atoms with Gasteiger partial charge in [0.25, 0.3) is 0 Å². The van der Waals surface area contributed by atoms with E-state index in [1.165, 1.54) is 12.1 Å². The average molecular weight is 538 g/mol. The van der Waals surface area contributed by atoms with Gasteiger partial charge >= 0.3 is 5.97 Å². The smallest absolute Gasteiger partial charge is 0.326 e. The third kappa shape index (κ3) is 8.57.